The van der Waals surface area contributed by atoms with Crippen LogP contribution in [0, 0.1) is 6.92 Å². The van der Waals surface area contributed by atoms with Crippen molar-refractivity contribution in [2.24, 2.45) is 7.05 Å². The molecule has 0 atom stereocenters. The van der Waals surface area contributed by atoms with Crippen LogP contribution < -0.4 is 5.32 Å². The van der Waals surface area contributed by atoms with E-state index in [1.807, 2.05) is 23.7 Å². The van der Waals surface area contributed by atoms with Crippen molar-refractivity contribution >= 4 is 0 Å². The summed E-state index contributed by atoms with van der Waals surface area (Å²) in [5.41, 5.74) is 7.24. The van der Waals surface area contributed by atoms with E-state index in [0.29, 0.717) is 18.3 Å². The molecule has 0 spiro atoms. The highest BCUT2D eigenvalue weighted by Crippen LogP contribution is 2.43. The lowest BCUT2D eigenvalue weighted by Gasteiger charge is -2.14. The summed E-state index contributed by atoms with van der Waals surface area (Å²) in [5.74, 6) is 1.14. The summed E-state index contributed by atoms with van der Waals surface area (Å²) >= 11 is 0. The largest absolute Gasteiger partial charge is 0.418 e. The van der Waals surface area contributed by atoms with Crippen molar-refractivity contribution in [1.29, 1.82) is 0 Å². The number of fused-ring (bicyclic) bond motifs is 3. The van der Waals surface area contributed by atoms with Gasteiger partial charge in [-0.05, 0) is 41.3 Å². The van der Waals surface area contributed by atoms with Gasteiger partial charge >= 0.3 is 0 Å². The average molecular weight is 356 g/mol. The molecule has 1 aliphatic rings. The van der Waals surface area contributed by atoms with Crippen molar-refractivity contribution in [3.05, 3.63) is 83.4 Å². The van der Waals surface area contributed by atoms with Crippen LogP contribution in [0.25, 0.3) is 22.7 Å². The van der Waals surface area contributed by atoms with E-state index in [9.17, 15) is 0 Å². The topological polar surface area (TPSA) is 55.9 Å². The van der Waals surface area contributed by atoms with Gasteiger partial charge in [0.15, 0.2) is 0 Å². The second-order valence-corrected chi connectivity index (χ2v) is 6.91. The van der Waals surface area contributed by atoms with Gasteiger partial charge in [-0.2, -0.15) is 0 Å². The van der Waals surface area contributed by atoms with Crippen LogP contribution in [0.3, 0.4) is 0 Å². The van der Waals surface area contributed by atoms with Crippen LogP contribution in [0.15, 0.2) is 65.1 Å². The summed E-state index contributed by atoms with van der Waals surface area (Å²) in [4.78, 5) is 0. The van der Waals surface area contributed by atoms with Gasteiger partial charge in [0.1, 0.15) is 5.69 Å². The molecule has 27 heavy (non-hydrogen) atoms. The molecule has 0 unspecified atom stereocenters. The first-order valence-corrected chi connectivity index (χ1v) is 9.09. The fraction of sp³-hybridized carbons (Fsp3) is 0.182. The Morgan fingerprint density at radius 3 is 2.22 bits per heavy atom. The third-order valence-electron chi connectivity index (χ3n) is 5.35. The summed E-state index contributed by atoms with van der Waals surface area (Å²) in [5, 5.41) is 12.0. The molecule has 5 rings (SSSR count). The predicted molar refractivity (Wildman–Crippen MR) is 104 cm³/mol. The Labute approximate surface area is 157 Å². The van der Waals surface area contributed by atoms with Crippen molar-refractivity contribution in [3.8, 4) is 22.7 Å². The van der Waals surface area contributed by atoms with E-state index in [4.69, 9.17) is 4.42 Å². The van der Waals surface area contributed by atoms with Crippen molar-refractivity contribution in [3.63, 3.8) is 0 Å². The Bertz CT molecular complexity index is 1080. The molecule has 0 fully saturated rings. The van der Waals surface area contributed by atoms with E-state index in [-0.39, 0.29) is 6.04 Å². The Balaban J connectivity index is 1.40. The molecule has 2 aromatic carbocycles. The van der Waals surface area contributed by atoms with Crippen molar-refractivity contribution in [2.75, 3.05) is 0 Å². The van der Waals surface area contributed by atoms with Gasteiger partial charge in [-0.1, -0.05) is 48.5 Å². The molecule has 5 heteroatoms. The van der Waals surface area contributed by atoms with Gasteiger partial charge in [0.2, 0.25) is 5.89 Å². The van der Waals surface area contributed by atoms with Crippen molar-refractivity contribution in [2.45, 2.75) is 19.5 Å². The molecule has 1 N–H and O–H groups in total. The van der Waals surface area contributed by atoms with Gasteiger partial charge in [0.25, 0.3) is 5.89 Å². The quantitative estimate of drug-likeness (QED) is 0.594. The maximum absolute atomic E-state index is 5.89. The Hall–Kier alpha value is -3.18. The van der Waals surface area contributed by atoms with Crippen LogP contribution in [0.1, 0.15) is 28.8 Å². The van der Waals surface area contributed by atoms with E-state index < -0.39 is 0 Å². The van der Waals surface area contributed by atoms with Crippen LogP contribution in [-0.4, -0.2) is 14.8 Å². The zero-order valence-electron chi connectivity index (χ0n) is 15.3. The number of nitrogens with zero attached hydrogens (tertiary/aromatic N) is 3. The first-order valence-electron chi connectivity index (χ1n) is 9.09. The number of hydrogen-bond acceptors (Lipinski definition) is 4. The Morgan fingerprint density at radius 1 is 0.926 bits per heavy atom. The van der Waals surface area contributed by atoms with Crippen molar-refractivity contribution in [1.82, 2.24) is 20.1 Å². The lowest BCUT2D eigenvalue weighted by molar-refractivity contribution is 0.462. The van der Waals surface area contributed by atoms with Crippen molar-refractivity contribution < 1.29 is 4.42 Å². The van der Waals surface area contributed by atoms with Crippen LogP contribution in [0.2, 0.25) is 0 Å². The number of nitrogens with one attached hydrogen (secondary N) is 1. The third-order valence-corrected chi connectivity index (χ3v) is 5.35. The lowest BCUT2D eigenvalue weighted by Crippen LogP contribution is -2.20. The molecule has 1 aliphatic carbocycles. The molecular formula is C22H20N4O. The third kappa shape index (κ3) is 2.59. The summed E-state index contributed by atoms with van der Waals surface area (Å²) < 4.78 is 7.94. The van der Waals surface area contributed by atoms with E-state index in [1.165, 1.54) is 22.3 Å². The first-order chi connectivity index (χ1) is 13.2. The molecule has 0 bridgehead atoms. The monoisotopic (exact) mass is 356 g/mol. The van der Waals surface area contributed by atoms with Gasteiger partial charge in [-0.25, -0.2) is 0 Å². The average Bonchev–Trinajstić information content (AvgIpc) is 3.38. The first kappa shape index (κ1) is 16.0. The number of aromatic nitrogens is 3. The standard InChI is InChI=1S/C22H20N4O/c1-14-11-12-19(26(14)2)22-25-24-20(27-22)13-23-21-17-9-5-3-7-15(17)16-8-4-6-10-18(16)21/h3-12,21,23H,13H2,1-2H3. The van der Waals surface area contributed by atoms with Gasteiger partial charge < -0.3 is 8.98 Å². The minimum atomic E-state index is 0.130. The van der Waals surface area contributed by atoms with Crippen LogP contribution in [0.4, 0.5) is 0 Å². The zero-order chi connectivity index (χ0) is 18.4. The number of rotatable bonds is 4. The molecule has 0 amide bonds. The van der Waals surface area contributed by atoms with Gasteiger partial charge in [0, 0.05) is 12.7 Å². The normalized spacial score (nSPS) is 13.0. The fourth-order valence-electron chi connectivity index (χ4n) is 3.82. The van der Waals surface area contributed by atoms with Crippen LogP contribution >= 0.6 is 0 Å². The molecule has 4 aromatic rings. The molecule has 2 heterocycles. The zero-order valence-corrected chi connectivity index (χ0v) is 15.3. The highest BCUT2D eigenvalue weighted by molar-refractivity contribution is 5.78. The second kappa shape index (κ2) is 6.21. The van der Waals surface area contributed by atoms with Gasteiger partial charge in [-0.3, -0.25) is 5.32 Å². The smallest absolute Gasteiger partial charge is 0.264 e. The molecule has 0 radical (unpaired) electrons. The maximum Gasteiger partial charge on any atom is 0.264 e. The molecular weight excluding hydrogens is 336 g/mol. The molecule has 2 aromatic heterocycles. The molecule has 0 saturated heterocycles. The highest BCUT2D eigenvalue weighted by atomic mass is 16.4. The summed E-state index contributed by atoms with van der Waals surface area (Å²) in [7, 11) is 2.00. The van der Waals surface area contributed by atoms with Crippen LogP contribution in [0.5, 0.6) is 0 Å². The molecule has 0 aliphatic heterocycles. The lowest BCUT2D eigenvalue weighted by atomic mass is 10.1. The minimum Gasteiger partial charge on any atom is -0.418 e. The van der Waals surface area contributed by atoms with Gasteiger partial charge in [0.05, 0.1) is 12.6 Å². The highest BCUT2D eigenvalue weighted by Gasteiger charge is 2.27. The Morgan fingerprint density at radius 2 is 1.59 bits per heavy atom. The van der Waals surface area contributed by atoms with Gasteiger partial charge in [-0.15, -0.1) is 10.2 Å². The molecule has 134 valence electrons. The molecule has 5 nitrogen and oxygen atoms in total. The van der Waals surface area contributed by atoms with E-state index >= 15 is 0 Å². The Kier molecular flexibility index (Phi) is 3.69. The predicted octanol–water partition coefficient (Wildman–Crippen LogP) is 4.24. The number of benzene rings is 2. The number of aryl methyl sites for hydroxylation is 1. The van der Waals surface area contributed by atoms with E-state index in [1.54, 1.807) is 0 Å². The summed E-state index contributed by atoms with van der Waals surface area (Å²) in [6, 6.07) is 21.2. The van der Waals surface area contributed by atoms with E-state index in [2.05, 4.69) is 71.0 Å². The van der Waals surface area contributed by atoms with E-state index in [0.717, 1.165) is 11.4 Å². The minimum absolute atomic E-state index is 0.130. The molecule has 0 saturated carbocycles. The number of hydrogen-bond donors (Lipinski definition) is 1. The van der Waals surface area contributed by atoms with Crippen LogP contribution in [-0.2, 0) is 13.6 Å². The second-order valence-electron chi connectivity index (χ2n) is 6.91. The SMILES string of the molecule is Cc1ccc(-c2nnc(CNC3c4ccccc4-c4ccccc43)o2)n1C. The maximum atomic E-state index is 5.89. The summed E-state index contributed by atoms with van der Waals surface area (Å²) in [6.45, 7) is 2.57. The fourth-order valence-corrected chi connectivity index (χ4v) is 3.82. The summed E-state index contributed by atoms with van der Waals surface area (Å²) in [6.07, 6.45) is 0.